The first kappa shape index (κ1) is 18.6. The molecule has 2 atom stereocenters. The van der Waals surface area contributed by atoms with Gasteiger partial charge in [-0.05, 0) is 36.6 Å². The Morgan fingerprint density at radius 2 is 2.00 bits per heavy atom. The molecular formula is C21H21ClFNO2. The lowest BCUT2D eigenvalue weighted by atomic mass is 9.97. The van der Waals surface area contributed by atoms with E-state index < -0.39 is 5.82 Å². The summed E-state index contributed by atoms with van der Waals surface area (Å²) in [6.07, 6.45) is 1.01. The van der Waals surface area contributed by atoms with E-state index in [4.69, 9.17) is 11.6 Å². The molecule has 1 heterocycles. The fourth-order valence-electron chi connectivity index (χ4n) is 3.42. The number of amides is 1. The van der Waals surface area contributed by atoms with Gasteiger partial charge in [0.05, 0.1) is 6.04 Å². The van der Waals surface area contributed by atoms with Gasteiger partial charge in [0, 0.05) is 30.3 Å². The second-order valence-corrected chi connectivity index (χ2v) is 7.14. The lowest BCUT2D eigenvalue weighted by Gasteiger charge is -2.25. The second kappa shape index (κ2) is 8.00. The summed E-state index contributed by atoms with van der Waals surface area (Å²) in [6, 6.07) is 14.0. The van der Waals surface area contributed by atoms with Gasteiger partial charge in [-0.15, -0.1) is 0 Å². The van der Waals surface area contributed by atoms with E-state index in [1.165, 1.54) is 12.1 Å². The van der Waals surface area contributed by atoms with Crippen LogP contribution in [-0.2, 0) is 16.0 Å². The fourth-order valence-corrected chi connectivity index (χ4v) is 3.68. The van der Waals surface area contributed by atoms with Crippen molar-refractivity contribution in [3.8, 4) is 0 Å². The van der Waals surface area contributed by atoms with Crippen LogP contribution in [-0.4, -0.2) is 23.1 Å². The number of likely N-dealkylation sites (tertiary alicyclic amines) is 1. The Labute approximate surface area is 157 Å². The van der Waals surface area contributed by atoms with E-state index in [9.17, 15) is 14.0 Å². The molecule has 1 aliphatic rings. The zero-order valence-corrected chi connectivity index (χ0v) is 15.4. The van der Waals surface area contributed by atoms with Crippen molar-refractivity contribution < 1.29 is 14.0 Å². The number of rotatable bonds is 6. The summed E-state index contributed by atoms with van der Waals surface area (Å²) in [5.74, 6) is -0.606. The zero-order chi connectivity index (χ0) is 18.7. The van der Waals surface area contributed by atoms with Crippen LogP contribution >= 0.6 is 11.6 Å². The zero-order valence-electron chi connectivity index (χ0n) is 14.6. The normalized spacial score (nSPS) is 18.2. The Morgan fingerprint density at radius 3 is 2.69 bits per heavy atom. The van der Waals surface area contributed by atoms with Crippen molar-refractivity contribution in [2.75, 3.05) is 6.54 Å². The molecule has 0 saturated carbocycles. The van der Waals surface area contributed by atoms with Crippen LogP contribution in [0.2, 0.25) is 5.02 Å². The van der Waals surface area contributed by atoms with Gasteiger partial charge in [-0.1, -0.05) is 48.0 Å². The number of halogens is 2. The minimum absolute atomic E-state index is 0.0134. The minimum atomic E-state index is -0.392. The highest BCUT2D eigenvalue weighted by Crippen LogP contribution is 2.30. The molecule has 1 unspecified atom stereocenters. The van der Waals surface area contributed by atoms with Crippen LogP contribution < -0.4 is 0 Å². The van der Waals surface area contributed by atoms with Gasteiger partial charge < -0.3 is 4.90 Å². The van der Waals surface area contributed by atoms with Crippen LogP contribution in [0.5, 0.6) is 0 Å². The van der Waals surface area contributed by atoms with Gasteiger partial charge in [0.1, 0.15) is 11.6 Å². The van der Waals surface area contributed by atoms with E-state index in [1.807, 2.05) is 37.3 Å². The summed E-state index contributed by atoms with van der Waals surface area (Å²) in [6.45, 7) is 2.43. The Morgan fingerprint density at radius 1 is 1.27 bits per heavy atom. The highest BCUT2D eigenvalue weighted by molar-refractivity contribution is 6.31. The number of aryl methyl sites for hydroxylation is 1. The van der Waals surface area contributed by atoms with Crippen molar-refractivity contribution in [3.63, 3.8) is 0 Å². The maximum atomic E-state index is 13.1. The highest BCUT2D eigenvalue weighted by Gasteiger charge is 2.36. The van der Waals surface area contributed by atoms with Crippen LogP contribution in [0, 0.1) is 11.7 Å². The summed E-state index contributed by atoms with van der Waals surface area (Å²) in [5, 5.41) is 0.333. The Balaban J connectivity index is 1.60. The molecule has 0 spiro atoms. The Hall–Kier alpha value is -2.20. The molecule has 0 aliphatic carbocycles. The number of hydrogen-bond donors (Lipinski definition) is 0. The third-order valence-electron chi connectivity index (χ3n) is 5.02. The lowest BCUT2D eigenvalue weighted by Crippen LogP contribution is -2.29. The fraction of sp³-hybridized carbons (Fsp3) is 0.333. The minimum Gasteiger partial charge on any atom is -0.335 e. The van der Waals surface area contributed by atoms with Gasteiger partial charge >= 0.3 is 0 Å². The second-order valence-electron chi connectivity index (χ2n) is 6.74. The molecular weight excluding hydrogens is 353 g/mol. The van der Waals surface area contributed by atoms with Crippen molar-refractivity contribution in [2.24, 2.45) is 5.92 Å². The first-order valence-electron chi connectivity index (χ1n) is 8.76. The van der Waals surface area contributed by atoms with Gasteiger partial charge in [-0.25, -0.2) is 4.39 Å². The van der Waals surface area contributed by atoms with Crippen LogP contribution in [0.15, 0.2) is 48.5 Å². The van der Waals surface area contributed by atoms with E-state index in [2.05, 4.69) is 0 Å². The van der Waals surface area contributed by atoms with E-state index in [0.717, 1.165) is 11.1 Å². The number of benzene rings is 2. The summed E-state index contributed by atoms with van der Waals surface area (Å²) in [5.41, 5.74) is 1.81. The number of carbonyl (C=O) groups excluding carboxylic acids is 2. The molecule has 2 aromatic carbocycles. The topological polar surface area (TPSA) is 37.4 Å². The Kier molecular flexibility index (Phi) is 5.72. The van der Waals surface area contributed by atoms with Crippen molar-refractivity contribution in [1.82, 2.24) is 4.90 Å². The first-order chi connectivity index (χ1) is 12.5. The van der Waals surface area contributed by atoms with E-state index >= 15 is 0 Å². The number of Topliss-reactive ketones (excluding diaryl/α,β-unsaturated/α-hetero) is 1. The summed E-state index contributed by atoms with van der Waals surface area (Å²) < 4.78 is 13.1. The van der Waals surface area contributed by atoms with Gasteiger partial charge in [0.25, 0.3) is 0 Å². The van der Waals surface area contributed by atoms with E-state index in [-0.39, 0.29) is 30.1 Å². The smallest absolute Gasteiger partial charge is 0.223 e. The molecule has 0 radical (unpaired) electrons. The third kappa shape index (κ3) is 4.13. The van der Waals surface area contributed by atoms with Crippen molar-refractivity contribution in [2.45, 2.75) is 32.2 Å². The first-order valence-corrected chi connectivity index (χ1v) is 9.14. The number of hydrogen-bond acceptors (Lipinski definition) is 2. The summed E-state index contributed by atoms with van der Waals surface area (Å²) >= 11 is 6.01. The van der Waals surface area contributed by atoms with Crippen molar-refractivity contribution in [3.05, 3.63) is 70.5 Å². The van der Waals surface area contributed by atoms with Gasteiger partial charge in [-0.2, -0.15) is 0 Å². The lowest BCUT2D eigenvalue weighted by molar-refractivity contribution is -0.130. The molecule has 1 fully saturated rings. The number of carbonyl (C=O) groups is 2. The standard InChI is InChI=1S/C21H21ClFNO2/c1-14(15-5-3-2-4-6-15)24-13-17(11-21(24)26)20(25)10-8-16-7-9-18(23)12-19(16)22/h2-7,9,12,14,17H,8,10-11,13H2,1H3/t14-,17?/m1/s1. The van der Waals surface area contributed by atoms with Gasteiger partial charge in [0.15, 0.2) is 0 Å². The number of nitrogens with zero attached hydrogens (tertiary/aromatic N) is 1. The Bertz CT molecular complexity index is 809. The monoisotopic (exact) mass is 373 g/mol. The van der Waals surface area contributed by atoms with Crippen LogP contribution in [0.1, 0.15) is 36.9 Å². The predicted molar refractivity (Wildman–Crippen MR) is 99.4 cm³/mol. The molecule has 1 aliphatic heterocycles. The predicted octanol–water partition coefficient (Wildman–Crippen LogP) is 4.59. The highest BCUT2D eigenvalue weighted by atomic mass is 35.5. The molecule has 0 aromatic heterocycles. The van der Waals surface area contributed by atoms with Crippen molar-refractivity contribution in [1.29, 1.82) is 0 Å². The maximum absolute atomic E-state index is 13.1. The van der Waals surface area contributed by atoms with Gasteiger partial charge in [-0.3, -0.25) is 9.59 Å². The molecule has 26 heavy (non-hydrogen) atoms. The van der Waals surface area contributed by atoms with E-state index in [0.29, 0.717) is 24.4 Å². The van der Waals surface area contributed by atoms with Crippen LogP contribution in [0.3, 0.4) is 0 Å². The molecule has 136 valence electrons. The van der Waals surface area contributed by atoms with Crippen LogP contribution in [0.25, 0.3) is 0 Å². The molecule has 0 bridgehead atoms. The molecule has 3 nitrogen and oxygen atoms in total. The molecule has 0 N–H and O–H groups in total. The maximum Gasteiger partial charge on any atom is 0.223 e. The molecule has 5 heteroatoms. The molecule has 1 amide bonds. The van der Waals surface area contributed by atoms with Crippen LogP contribution in [0.4, 0.5) is 4.39 Å². The van der Waals surface area contributed by atoms with Gasteiger partial charge in [0.2, 0.25) is 5.91 Å². The average Bonchev–Trinajstić information content (AvgIpc) is 3.02. The number of ketones is 1. The molecule has 3 rings (SSSR count). The largest absolute Gasteiger partial charge is 0.335 e. The molecule has 1 saturated heterocycles. The van der Waals surface area contributed by atoms with Crippen molar-refractivity contribution >= 4 is 23.3 Å². The summed E-state index contributed by atoms with van der Waals surface area (Å²) in [4.78, 5) is 26.7. The SMILES string of the molecule is C[C@H](c1ccccc1)N1CC(C(=O)CCc2ccc(F)cc2Cl)CC1=O. The summed E-state index contributed by atoms with van der Waals surface area (Å²) in [7, 11) is 0. The average molecular weight is 374 g/mol. The third-order valence-corrected chi connectivity index (χ3v) is 5.37. The quantitative estimate of drug-likeness (QED) is 0.742. The van der Waals surface area contributed by atoms with E-state index in [1.54, 1.807) is 11.0 Å². The molecule has 2 aromatic rings.